The third kappa shape index (κ3) is 1.08. The van der Waals surface area contributed by atoms with Crippen LogP contribution in [0.4, 0.5) is 0 Å². The molecule has 1 rings (SSSR count). The van der Waals surface area contributed by atoms with Gasteiger partial charge in [0.15, 0.2) is 0 Å². The minimum atomic E-state index is 0.253. The Balaban J connectivity index is 2.85. The average Bonchev–Trinajstić information content (AvgIpc) is 1.83. The van der Waals surface area contributed by atoms with Gasteiger partial charge in [0, 0.05) is 18.2 Å². The van der Waals surface area contributed by atoms with Crippen LogP contribution in [0.5, 0.6) is 0 Å². The van der Waals surface area contributed by atoms with Crippen molar-refractivity contribution in [1.29, 1.82) is 0 Å². The van der Waals surface area contributed by atoms with Crippen molar-refractivity contribution in [3.05, 3.63) is 24.6 Å². The summed E-state index contributed by atoms with van der Waals surface area (Å²) in [6.45, 7) is 8.46. The van der Waals surface area contributed by atoms with E-state index in [4.69, 9.17) is 0 Å². The van der Waals surface area contributed by atoms with E-state index >= 15 is 0 Å². The van der Waals surface area contributed by atoms with Gasteiger partial charge < -0.3 is 4.90 Å². The summed E-state index contributed by atoms with van der Waals surface area (Å²) in [6.07, 6.45) is 5.37. The second kappa shape index (κ2) is 2.15. The fraction of sp³-hybridized carbons (Fsp3) is 0.556. The zero-order chi connectivity index (χ0) is 7.78. The first-order valence-electron chi connectivity index (χ1n) is 3.63. The van der Waals surface area contributed by atoms with Crippen LogP contribution < -0.4 is 0 Å². The molecule has 0 atom stereocenters. The fourth-order valence-electron chi connectivity index (χ4n) is 1.19. The Morgan fingerprint density at radius 1 is 1.60 bits per heavy atom. The van der Waals surface area contributed by atoms with Crippen molar-refractivity contribution in [3.8, 4) is 0 Å². The summed E-state index contributed by atoms with van der Waals surface area (Å²) in [5, 5.41) is 0. The van der Waals surface area contributed by atoms with Crippen molar-refractivity contribution in [2.24, 2.45) is 5.41 Å². The minimum Gasteiger partial charge on any atom is -0.355 e. The molecule has 10 heavy (non-hydrogen) atoms. The monoisotopic (exact) mass is 137 g/mol. The first-order chi connectivity index (χ1) is 4.54. The summed E-state index contributed by atoms with van der Waals surface area (Å²) in [5.74, 6) is 0. The highest BCUT2D eigenvalue weighted by Crippen LogP contribution is 2.34. The van der Waals surface area contributed by atoms with E-state index in [1.807, 2.05) is 7.05 Å². The molecule has 0 amide bonds. The Kier molecular flexibility index (Phi) is 1.59. The molecule has 0 fully saturated rings. The molecular formula is C9H15N. The highest BCUT2D eigenvalue weighted by Gasteiger charge is 2.24. The van der Waals surface area contributed by atoms with Gasteiger partial charge in [-0.3, -0.25) is 0 Å². The van der Waals surface area contributed by atoms with Crippen molar-refractivity contribution >= 4 is 0 Å². The molecule has 0 N–H and O–H groups in total. The first kappa shape index (κ1) is 7.39. The zero-order valence-corrected chi connectivity index (χ0v) is 7.02. The molecule has 1 heteroatoms. The van der Waals surface area contributed by atoms with E-state index in [1.54, 1.807) is 0 Å². The molecule has 0 aliphatic carbocycles. The second-order valence-electron chi connectivity index (χ2n) is 3.53. The third-order valence-electron chi connectivity index (χ3n) is 2.16. The lowest BCUT2D eigenvalue weighted by Crippen LogP contribution is -2.27. The number of nitrogens with zero attached hydrogens (tertiary/aromatic N) is 1. The van der Waals surface area contributed by atoms with Gasteiger partial charge in [-0.1, -0.05) is 26.5 Å². The molecule has 0 saturated heterocycles. The topological polar surface area (TPSA) is 3.24 Å². The van der Waals surface area contributed by atoms with Crippen LogP contribution in [0.15, 0.2) is 24.6 Å². The van der Waals surface area contributed by atoms with Crippen LogP contribution in [0.3, 0.4) is 0 Å². The smallest absolute Gasteiger partial charge is 0.0158 e. The Hall–Kier alpha value is -0.720. The van der Waals surface area contributed by atoms with E-state index in [0.29, 0.717) is 0 Å². The van der Waals surface area contributed by atoms with Crippen LogP contribution in [0.25, 0.3) is 0 Å². The van der Waals surface area contributed by atoms with Gasteiger partial charge >= 0.3 is 0 Å². The van der Waals surface area contributed by atoms with Crippen LogP contribution in [0.1, 0.15) is 20.3 Å². The maximum Gasteiger partial charge on any atom is 0.0158 e. The van der Waals surface area contributed by atoms with Gasteiger partial charge in [-0.05, 0) is 12.6 Å². The molecule has 56 valence electrons. The zero-order valence-electron chi connectivity index (χ0n) is 7.02. The molecular weight excluding hydrogens is 122 g/mol. The quantitative estimate of drug-likeness (QED) is 0.495. The lowest BCUT2D eigenvalue weighted by atomic mass is 9.84. The summed E-state index contributed by atoms with van der Waals surface area (Å²) in [4.78, 5) is 2.09. The lowest BCUT2D eigenvalue weighted by molar-refractivity contribution is 0.329. The maximum atomic E-state index is 4.02. The summed E-state index contributed by atoms with van der Waals surface area (Å²) >= 11 is 0. The van der Waals surface area contributed by atoms with Gasteiger partial charge in [0.25, 0.3) is 0 Å². The molecule has 1 nitrogen and oxygen atoms in total. The van der Waals surface area contributed by atoms with Crippen molar-refractivity contribution in [1.82, 2.24) is 4.90 Å². The highest BCUT2D eigenvalue weighted by molar-refractivity contribution is 5.15. The predicted molar refractivity (Wildman–Crippen MR) is 44.4 cm³/mol. The van der Waals surface area contributed by atoms with Gasteiger partial charge in [-0.15, -0.1) is 0 Å². The Bertz CT molecular complexity index is 177. The maximum absolute atomic E-state index is 4.02. The molecule has 0 spiro atoms. The van der Waals surface area contributed by atoms with E-state index in [-0.39, 0.29) is 5.41 Å². The summed E-state index contributed by atoms with van der Waals surface area (Å²) in [6, 6.07) is 0. The second-order valence-corrected chi connectivity index (χ2v) is 3.53. The summed E-state index contributed by atoms with van der Waals surface area (Å²) in [5.41, 5.74) is 1.46. The van der Waals surface area contributed by atoms with Crippen molar-refractivity contribution in [3.63, 3.8) is 0 Å². The van der Waals surface area contributed by atoms with Gasteiger partial charge in [-0.2, -0.15) is 0 Å². The van der Waals surface area contributed by atoms with E-state index in [9.17, 15) is 0 Å². The third-order valence-corrected chi connectivity index (χ3v) is 2.16. The van der Waals surface area contributed by atoms with E-state index in [1.165, 1.54) is 5.70 Å². The Morgan fingerprint density at radius 2 is 2.20 bits per heavy atom. The van der Waals surface area contributed by atoms with Crippen LogP contribution in [0, 0.1) is 5.41 Å². The molecule has 1 aliphatic rings. The molecule has 0 radical (unpaired) electrons. The molecule has 0 aromatic rings. The van der Waals surface area contributed by atoms with Crippen LogP contribution in [-0.2, 0) is 0 Å². The van der Waals surface area contributed by atoms with Gasteiger partial charge in [-0.25, -0.2) is 0 Å². The predicted octanol–water partition coefficient (Wildman–Crippen LogP) is 2.38. The molecule has 0 aromatic carbocycles. The van der Waals surface area contributed by atoms with Crippen molar-refractivity contribution in [2.45, 2.75) is 20.3 Å². The molecule has 0 unspecified atom stereocenters. The molecule has 1 heterocycles. The normalized spacial score (nSPS) is 23.5. The highest BCUT2D eigenvalue weighted by atomic mass is 15.1. The lowest BCUT2D eigenvalue weighted by Gasteiger charge is -2.35. The number of rotatable bonds is 0. The number of hydrogen-bond donors (Lipinski definition) is 0. The SMILES string of the molecule is C=C1N(C)C=CCC1(C)C. The number of allylic oxidation sites excluding steroid dienone is 2. The first-order valence-corrected chi connectivity index (χ1v) is 3.63. The van der Waals surface area contributed by atoms with Crippen molar-refractivity contribution < 1.29 is 0 Å². The van der Waals surface area contributed by atoms with Crippen LogP contribution in [0.2, 0.25) is 0 Å². The molecule has 0 aromatic heterocycles. The Labute approximate surface area is 63.0 Å². The number of hydrogen-bond acceptors (Lipinski definition) is 1. The van der Waals surface area contributed by atoms with E-state index in [0.717, 1.165) is 6.42 Å². The van der Waals surface area contributed by atoms with E-state index in [2.05, 4.69) is 37.6 Å². The standard InChI is InChI=1S/C9H15N/c1-8-9(2,3)6-5-7-10(8)4/h5,7H,1,6H2,2-4H3. The fourth-order valence-corrected chi connectivity index (χ4v) is 1.19. The van der Waals surface area contributed by atoms with Gasteiger partial charge in [0.2, 0.25) is 0 Å². The summed E-state index contributed by atoms with van der Waals surface area (Å²) in [7, 11) is 2.04. The summed E-state index contributed by atoms with van der Waals surface area (Å²) < 4.78 is 0. The minimum absolute atomic E-state index is 0.253. The van der Waals surface area contributed by atoms with Gasteiger partial charge in [0.1, 0.15) is 0 Å². The largest absolute Gasteiger partial charge is 0.355 e. The van der Waals surface area contributed by atoms with Crippen molar-refractivity contribution in [2.75, 3.05) is 7.05 Å². The Morgan fingerprint density at radius 3 is 2.60 bits per heavy atom. The molecule has 0 saturated carbocycles. The van der Waals surface area contributed by atoms with Crippen LogP contribution >= 0.6 is 0 Å². The van der Waals surface area contributed by atoms with Crippen LogP contribution in [-0.4, -0.2) is 11.9 Å². The van der Waals surface area contributed by atoms with E-state index < -0.39 is 0 Å². The molecule has 0 bridgehead atoms. The molecule has 1 aliphatic heterocycles. The van der Waals surface area contributed by atoms with Gasteiger partial charge in [0.05, 0.1) is 0 Å². The average molecular weight is 137 g/mol.